The summed E-state index contributed by atoms with van der Waals surface area (Å²) in [6, 6.07) is 9.99. The van der Waals surface area contributed by atoms with Crippen LogP contribution >= 0.6 is 15.9 Å². The van der Waals surface area contributed by atoms with Crippen molar-refractivity contribution in [1.82, 2.24) is 10.4 Å². The van der Waals surface area contributed by atoms with Gasteiger partial charge in [-0.05, 0) is 51.7 Å². The average molecular weight is 322 g/mol. The molecule has 5 heteroatoms. The minimum absolute atomic E-state index is 0.0112. The van der Waals surface area contributed by atoms with E-state index in [4.69, 9.17) is 10.6 Å². The molecule has 1 heterocycles. The van der Waals surface area contributed by atoms with Crippen molar-refractivity contribution < 1.29 is 4.74 Å². The molecule has 0 aliphatic heterocycles. The lowest BCUT2D eigenvalue weighted by Gasteiger charge is -2.16. The van der Waals surface area contributed by atoms with E-state index in [0.717, 1.165) is 27.8 Å². The second kappa shape index (κ2) is 6.65. The molecule has 0 fully saturated rings. The lowest BCUT2D eigenvalue weighted by molar-refractivity contribution is 0.414. The molecule has 1 atom stereocenters. The first-order valence-corrected chi connectivity index (χ1v) is 6.71. The maximum absolute atomic E-state index is 5.65. The first-order chi connectivity index (χ1) is 9.22. The summed E-state index contributed by atoms with van der Waals surface area (Å²) in [5.74, 6) is 6.50. The zero-order chi connectivity index (χ0) is 13.7. The van der Waals surface area contributed by atoms with Crippen LogP contribution in [0.15, 0.2) is 47.2 Å². The van der Waals surface area contributed by atoms with Gasteiger partial charge in [0.1, 0.15) is 5.75 Å². The van der Waals surface area contributed by atoms with Gasteiger partial charge in [0.2, 0.25) is 0 Å². The number of pyridine rings is 1. The maximum Gasteiger partial charge on any atom is 0.119 e. The van der Waals surface area contributed by atoms with E-state index in [1.807, 2.05) is 30.5 Å². The predicted molar refractivity (Wildman–Crippen MR) is 78.7 cm³/mol. The third kappa shape index (κ3) is 3.76. The zero-order valence-corrected chi connectivity index (χ0v) is 12.2. The second-order valence-electron chi connectivity index (χ2n) is 4.21. The molecule has 0 bridgehead atoms. The van der Waals surface area contributed by atoms with E-state index in [9.17, 15) is 0 Å². The number of methoxy groups -OCH3 is 1. The molecule has 3 N–H and O–H groups in total. The van der Waals surface area contributed by atoms with Gasteiger partial charge in [-0.1, -0.05) is 12.1 Å². The standard InChI is InChI=1S/C14H16BrN3O/c1-19-13-4-2-3-10(5-13)6-14(18-16)11-7-12(15)9-17-8-11/h2-5,7-9,14,18H,6,16H2,1H3. The van der Waals surface area contributed by atoms with Crippen LogP contribution in [0.2, 0.25) is 0 Å². The van der Waals surface area contributed by atoms with Crippen molar-refractivity contribution in [3.05, 3.63) is 58.3 Å². The normalized spacial score (nSPS) is 12.2. The van der Waals surface area contributed by atoms with Crippen LogP contribution in [0.1, 0.15) is 17.2 Å². The Kier molecular flexibility index (Phi) is 4.90. The van der Waals surface area contributed by atoms with Crippen molar-refractivity contribution in [3.63, 3.8) is 0 Å². The van der Waals surface area contributed by atoms with Crippen LogP contribution in [0, 0.1) is 0 Å². The van der Waals surface area contributed by atoms with Crippen molar-refractivity contribution in [2.75, 3.05) is 7.11 Å². The fourth-order valence-corrected chi connectivity index (χ4v) is 2.31. The van der Waals surface area contributed by atoms with Crippen LogP contribution in [0.3, 0.4) is 0 Å². The quantitative estimate of drug-likeness (QED) is 0.656. The Balaban J connectivity index is 2.18. The van der Waals surface area contributed by atoms with E-state index in [2.05, 4.69) is 32.4 Å². The molecule has 0 spiro atoms. The van der Waals surface area contributed by atoms with Crippen LogP contribution in [0.4, 0.5) is 0 Å². The number of hydrazine groups is 1. The molecular weight excluding hydrogens is 306 g/mol. The van der Waals surface area contributed by atoms with Gasteiger partial charge in [0, 0.05) is 16.9 Å². The van der Waals surface area contributed by atoms with Crippen molar-refractivity contribution in [2.24, 2.45) is 5.84 Å². The lowest BCUT2D eigenvalue weighted by Crippen LogP contribution is -2.29. The smallest absolute Gasteiger partial charge is 0.119 e. The first kappa shape index (κ1) is 14.0. The van der Waals surface area contributed by atoms with E-state index in [1.54, 1.807) is 13.3 Å². The van der Waals surface area contributed by atoms with Gasteiger partial charge in [0.15, 0.2) is 0 Å². The number of rotatable bonds is 5. The van der Waals surface area contributed by atoms with Gasteiger partial charge < -0.3 is 4.74 Å². The molecule has 19 heavy (non-hydrogen) atoms. The van der Waals surface area contributed by atoms with Gasteiger partial charge in [-0.3, -0.25) is 16.3 Å². The third-order valence-corrected chi connectivity index (χ3v) is 3.34. The maximum atomic E-state index is 5.65. The number of nitrogens with zero attached hydrogens (tertiary/aromatic N) is 1. The highest BCUT2D eigenvalue weighted by atomic mass is 79.9. The van der Waals surface area contributed by atoms with Crippen LogP contribution in [-0.4, -0.2) is 12.1 Å². The molecule has 2 rings (SSSR count). The van der Waals surface area contributed by atoms with E-state index in [0.29, 0.717) is 0 Å². The molecule has 1 unspecified atom stereocenters. The number of hydrogen-bond donors (Lipinski definition) is 2. The highest BCUT2D eigenvalue weighted by Gasteiger charge is 2.11. The molecule has 0 radical (unpaired) electrons. The zero-order valence-electron chi connectivity index (χ0n) is 10.6. The summed E-state index contributed by atoms with van der Waals surface area (Å²) in [7, 11) is 1.66. The Morgan fingerprint density at radius 1 is 1.37 bits per heavy atom. The lowest BCUT2D eigenvalue weighted by atomic mass is 10.0. The fourth-order valence-electron chi connectivity index (χ4n) is 1.93. The number of hydrogen-bond acceptors (Lipinski definition) is 4. The molecule has 0 saturated carbocycles. The molecule has 100 valence electrons. The van der Waals surface area contributed by atoms with Gasteiger partial charge >= 0.3 is 0 Å². The summed E-state index contributed by atoms with van der Waals surface area (Å²) in [5, 5.41) is 0. The third-order valence-electron chi connectivity index (χ3n) is 2.90. The van der Waals surface area contributed by atoms with Gasteiger partial charge in [-0.2, -0.15) is 0 Å². The summed E-state index contributed by atoms with van der Waals surface area (Å²) in [4.78, 5) is 4.16. The Labute approximate surface area is 121 Å². The molecule has 0 aliphatic rings. The molecule has 4 nitrogen and oxygen atoms in total. The van der Waals surface area contributed by atoms with Gasteiger partial charge in [-0.25, -0.2) is 0 Å². The average Bonchev–Trinajstić information content (AvgIpc) is 2.45. The van der Waals surface area contributed by atoms with Crippen molar-refractivity contribution in [2.45, 2.75) is 12.5 Å². The minimum atomic E-state index is 0.0112. The molecule has 2 aromatic rings. The molecule has 1 aromatic carbocycles. The van der Waals surface area contributed by atoms with Crippen molar-refractivity contribution >= 4 is 15.9 Å². The largest absolute Gasteiger partial charge is 0.497 e. The Morgan fingerprint density at radius 2 is 2.21 bits per heavy atom. The summed E-state index contributed by atoms with van der Waals surface area (Å²) >= 11 is 3.42. The van der Waals surface area contributed by atoms with Crippen LogP contribution in [0.5, 0.6) is 5.75 Å². The van der Waals surface area contributed by atoms with Gasteiger partial charge in [0.25, 0.3) is 0 Å². The van der Waals surface area contributed by atoms with Crippen LogP contribution in [0.25, 0.3) is 0 Å². The van der Waals surface area contributed by atoms with Crippen molar-refractivity contribution in [1.29, 1.82) is 0 Å². The summed E-state index contributed by atoms with van der Waals surface area (Å²) in [6.45, 7) is 0. The first-order valence-electron chi connectivity index (χ1n) is 5.92. The topological polar surface area (TPSA) is 60.2 Å². The van der Waals surface area contributed by atoms with Crippen LogP contribution < -0.4 is 16.0 Å². The number of nitrogens with one attached hydrogen (secondary N) is 1. The Hall–Kier alpha value is -1.43. The monoisotopic (exact) mass is 321 g/mol. The summed E-state index contributed by atoms with van der Waals surface area (Å²) in [6.07, 6.45) is 4.34. The fraction of sp³-hybridized carbons (Fsp3) is 0.214. The molecule has 0 aliphatic carbocycles. The van der Waals surface area contributed by atoms with E-state index in [-0.39, 0.29) is 6.04 Å². The highest BCUT2D eigenvalue weighted by molar-refractivity contribution is 9.10. The minimum Gasteiger partial charge on any atom is -0.497 e. The molecule has 0 saturated heterocycles. The van der Waals surface area contributed by atoms with Gasteiger partial charge in [0.05, 0.1) is 13.2 Å². The SMILES string of the molecule is COc1cccc(CC(NN)c2cncc(Br)c2)c1. The van der Waals surface area contributed by atoms with E-state index in [1.165, 1.54) is 0 Å². The predicted octanol–water partition coefficient (Wildman–Crippen LogP) is 2.60. The Bertz CT molecular complexity index is 548. The van der Waals surface area contributed by atoms with E-state index >= 15 is 0 Å². The number of halogens is 1. The summed E-state index contributed by atoms with van der Waals surface area (Å²) in [5.41, 5.74) is 5.03. The molecule has 0 amide bonds. The number of benzene rings is 1. The Morgan fingerprint density at radius 3 is 2.89 bits per heavy atom. The van der Waals surface area contributed by atoms with Crippen molar-refractivity contribution in [3.8, 4) is 5.75 Å². The number of aromatic nitrogens is 1. The van der Waals surface area contributed by atoms with E-state index < -0.39 is 0 Å². The van der Waals surface area contributed by atoms with Gasteiger partial charge in [-0.15, -0.1) is 0 Å². The number of nitrogens with two attached hydrogens (primary N) is 1. The molecular formula is C14H16BrN3O. The molecule has 1 aromatic heterocycles. The van der Waals surface area contributed by atoms with Crippen LogP contribution in [-0.2, 0) is 6.42 Å². The number of ether oxygens (including phenoxy) is 1. The summed E-state index contributed by atoms with van der Waals surface area (Å²) < 4.78 is 6.16. The highest BCUT2D eigenvalue weighted by Crippen LogP contribution is 2.22. The second-order valence-corrected chi connectivity index (χ2v) is 5.13.